The first-order chi connectivity index (χ1) is 5.58. The van der Waals surface area contributed by atoms with Gasteiger partial charge in [0.25, 0.3) is 0 Å². The predicted octanol–water partition coefficient (Wildman–Crippen LogP) is -0.463. The van der Waals surface area contributed by atoms with Crippen LogP contribution >= 0.6 is 0 Å². The van der Waals surface area contributed by atoms with E-state index in [4.69, 9.17) is 10.5 Å². The molecule has 0 aromatic carbocycles. The summed E-state index contributed by atoms with van der Waals surface area (Å²) in [7, 11) is -3.02. The number of hydrogen-bond acceptors (Lipinski definition) is 4. The zero-order valence-corrected chi connectivity index (χ0v) is 8.01. The predicted molar refractivity (Wildman–Crippen MR) is 46.7 cm³/mol. The highest BCUT2D eigenvalue weighted by Gasteiger charge is 2.32. The van der Waals surface area contributed by atoms with Gasteiger partial charge in [0.05, 0.1) is 11.9 Å². The van der Waals surface area contributed by atoms with Gasteiger partial charge in [0.15, 0.2) is 9.84 Å². The lowest BCUT2D eigenvalue weighted by molar-refractivity contribution is 0.0892. The number of rotatable bonds is 2. The van der Waals surface area contributed by atoms with E-state index in [9.17, 15) is 8.42 Å². The maximum Gasteiger partial charge on any atom is 0.156 e. The first-order valence-corrected chi connectivity index (χ1v) is 5.84. The second-order valence-corrected chi connectivity index (χ2v) is 5.53. The van der Waals surface area contributed by atoms with Crippen molar-refractivity contribution in [2.45, 2.75) is 24.6 Å². The van der Waals surface area contributed by atoms with Gasteiger partial charge >= 0.3 is 0 Å². The van der Waals surface area contributed by atoms with E-state index in [0.717, 1.165) is 0 Å². The molecule has 0 spiro atoms. The molecule has 0 bridgehead atoms. The van der Waals surface area contributed by atoms with Crippen molar-refractivity contribution >= 4 is 9.84 Å². The molecule has 0 aromatic heterocycles. The van der Waals surface area contributed by atoms with Gasteiger partial charge in [-0.25, -0.2) is 8.42 Å². The number of sulfone groups is 1. The molecule has 72 valence electrons. The summed E-state index contributed by atoms with van der Waals surface area (Å²) in [5.74, 6) is 0.148. The Labute approximate surface area is 73.0 Å². The highest BCUT2D eigenvalue weighted by molar-refractivity contribution is 7.92. The molecule has 0 radical (unpaired) electrons. The summed E-state index contributed by atoms with van der Waals surface area (Å²) in [6.07, 6.45) is 0.643. The van der Waals surface area contributed by atoms with E-state index in [1.165, 1.54) is 0 Å². The lowest BCUT2D eigenvalue weighted by Gasteiger charge is -2.27. The van der Waals surface area contributed by atoms with Crippen LogP contribution in [0.4, 0.5) is 0 Å². The molecule has 2 unspecified atom stereocenters. The third-order valence-electron chi connectivity index (χ3n) is 2.22. The fraction of sp³-hybridized carbons (Fsp3) is 1.00. The monoisotopic (exact) mass is 193 g/mol. The van der Waals surface area contributed by atoms with Gasteiger partial charge in [-0.3, -0.25) is 0 Å². The minimum atomic E-state index is -3.02. The first kappa shape index (κ1) is 9.95. The maximum absolute atomic E-state index is 11.4. The van der Waals surface area contributed by atoms with E-state index >= 15 is 0 Å². The van der Waals surface area contributed by atoms with Gasteiger partial charge in [-0.05, 0) is 6.42 Å². The minimum absolute atomic E-state index is 0.148. The topological polar surface area (TPSA) is 69.4 Å². The molecular formula is C7H15NO3S. The molecule has 1 aliphatic rings. The number of nitrogens with two attached hydrogens (primary N) is 1. The molecule has 2 atom stereocenters. The molecule has 0 aliphatic carbocycles. The summed E-state index contributed by atoms with van der Waals surface area (Å²) in [5, 5.41) is -0.490. The van der Waals surface area contributed by atoms with Crippen LogP contribution in [-0.2, 0) is 14.6 Å². The van der Waals surface area contributed by atoms with Crippen molar-refractivity contribution in [1.29, 1.82) is 0 Å². The lowest BCUT2D eigenvalue weighted by Crippen LogP contribution is -2.48. The molecule has 0 amide bonds. The van der Waals surface area contributed by atoms with Crippen LogP contribution in [0.1, 0.15) is 13.3 Å². The zero-order chi connectivity index (χ0) is 9.19. The van der Waals surface area contributed by atoms with Crippen molar-refractivity contribution in [3.63, 3.8) is 0 Å². The molecule has 1 fully saturated rings. The third kappa shape index (κ3) is 1.97. The van der Waals surface area contributed by atoms with Crippen molar-refractivity contribution in [2.24, 2.45) is 5.73 Å². The molecular weight excluding hydrogens is 178 g/mol. The summed E-state index contributed by atoms with van der Waals surface area (Å²) in [6, 6.07) is -0.247. The quantitative estimate of drug-likeness (QED) is 0.644. The molecule has 1 aliphatic heterocycles. The second-order valence-electron chi connectivity index (χ2n) is 3.02. The van der Waals surface area contributed by atoms with Crippen LogP contribution in [0.25, 0.3) is 0 Å². The van der Waals surface area contributed by atoms with Crippen molar-refractivity contribution in [3.8, 4) is 0 Å². The molecule has 12 heavy (non-hydrogen) atoms. The SMILES string of the molecule is CCS(=O)(=O)C1COCCC1N. The molecule has 0 saturated carbocycles. The van der Waals surface area contributed by atoms with E-state index in [-0.39, 0.29) is 18.4 Å². The van der Waals surface area contributed by atoms with Crippen LogP contribution in [0.5, 0.6) is 0 Å². The summed E-state index contributed by atoms with van der Waals surface area (Å²) in [4.78, 5) is 0. The summed E-state index contributed by atoms with van der Waals surface area (Å²) in [5.41, 5.74) is 5.68. The van der Waals surface area contributed by atoms with Gasteiger partial charge in [0.2, 0.25) is 0 Å². The van der Waals surface area contributed by atoms with Crippen LogP contribution in [0.15, 0.2) is 0 Å². The Morgan fingerprint density at radius 1 is 1.58 bits per heavy atom. The standard InChI is InChI=1S/C7H15NO3S/c1-2-12(9,10)7-5-11-4-3-6(7)8/h6-7H,2-5,8H2,1H3. The lowest BCUT2D eigenvalue weighted by atomic mass is 10.1. The van der Waals surface area contributed by atoms with Crippen molar-refractivity contribution < 1.29 is 13.2 Å². The minimum Gasteiger partial charge on any atom is -0.380 e. The van der Waals surface area contributed by atoms with Gasteiger partial charge in [-0.15, -0.1) is 0 Å². The van der Waals surface area contributed by atoms with Gasteiger partial charge in [-0.1, -0.05) is 6.92 Å². The Kier molecular flexibility index (Phi) is 3.09. The van der Waals surface area contributed by atoms with Crippen LogP contribution in [0, 0.1) is 0 Å². The van der Waals surface area contributed by atoms with Gasteiger partial charge in [-0.2, -0.15) is 0 Å². The molecule has 1 heterocycles. The van der Waals surface area contributed by atoms with Crippen LogP contribution < -0.4 is 5.73 Å². The van der Waals surface area contributed by atoms with Gasteiger partial charge in [0, 0.05) is 18.4 Å². The van der Waals surface area contributed by atoms with E-state index in [1.54, 1.807) is 6.92 Å². The largest absolute Gasteiger partial charge is 0.380 e. The molecule has 1 saturated heterocycles. The normalized spacial score (nSPS) is 31.8. The van der Waals surface area contributed by atoms with Crippen molar-refractivity contribution in [3.05, 3.63) is 0 Å². The van der Waals surface area contributed by atoms with E-state index < -0.39 is 15.1 Å². The Balaban J connectivity index is 2.72. The van der Waals surface area contributed by atoms with Gasteiger partial charge < -0.3 is 10.5 Å². The number of hydrogen-bond donors (Lipinski definition) is 1. The average Bonchev–Trinajstić information content (AvgIpc) is 2.05. The third-order valence-corrected chi connectivity index (χ3v) is 4.43. The van der Waals surface area contributed by atoms with Crippen LogP contribution in [0.3, 0.4) is 0 Å². The number of ether oxygens (including phenoxy) is 1. The van der Waals surface area contributed by atoms with E-state index in [1.807, 2.05) is 0 Å². The van der Waals surface area contributed by atoms with Crippen LogP contribution in [-0.4, -0.2) is 38.7 Å². The van der Waals surface area contributed by atoms with E-state index in [0.29, 0.717) is 13.0 Å². The van der Waals surface area contributed by atoms with Crippen molar-refractivity contribution in [1.82, 2.24) is 0 Å². The maximum atomic E-state index is 11.4. The average molecular weight is 193 g/mol. The Morgan fingerprint density at radius 2 is 2.25 bits per heavy atom. The molecule has 2 N–H and O–H groups in total. The van der Waals surface area contributed by atoms with Gasteiger partial charge in [0.1, 0.15) is 0 Å². The van der Waals surface area contributed by atoms with Crippen molar-refractivity contribution in [2.75, 3.05) is 19.0 Å². The van der Waals surface area contributed by atoms with E-state index in [2.05, 4.69) is 0 Å². The fourth-order valence-corrected chi connectivity index (χ4v) is 2.71. The summed E-state index contributed by atoms with van der Waals surface area (Å²) < 4.78 is 27.9. The Hall–Kier alpha value is -0.130. The summed E-state index contributed by atoms with van der Waals surface area (Å²) in [6.45, 7) is 2.48. The zero-order valence-electron chi connectivity index (χ0n) is 7.19. The highest BCUT2D eigenvalue weighted by Crippen LogP contribution is 2.14. The fourth-order valence-electron chi connectivity index (χ4n) is 1.31. The smallest absolute Gasteiger partial charge is 0.156 e. The first-order valence-electron chi connectivity index (χ1n) is 4.13. The molecule has 1 rings (SSSR count). The second kappa shape index (κ2) is 3.72. The Morgan fingerprint density at radius 3 is 2.75 bits per heavy atom. The summed E-state index contributed by atoms with van der Waals surface area (Å²) >= 11 is 0. The molecule has 4 nitrogen and oxygen atoms in total. The van der Waals surface area contributed by atoms with Crippen LogP contribution in [0.2, 0.25) is 0 Å². The highest BCUT2D eigenvalue weighted by atomic mass is 32.2. The Bertz CT molecular complexity index is 237. The molecule has 0 aromatic rings. The molecule has 5 heteroatoms.